The highest BCUT2D eigenvalue weighted by molar-refractivity contribution is 5.96. The summed E-state index contributed by atoms with van der Waals surface area (Å²) in [6.45, 7) is 5.21. The molecule has 222 valence electrons. The summed E-state index contributed by atoms with van der Waals surface area (Å²) >= 11 is 0. The van der Waals surface area contributed by atoms with Crippen molar-refractivity contribution in [2.24, 2.45) is 11.8 Å². The molecule has 3 nitrogen and oxygen atoms in total. The van der Waals surface area contributed by atoms with Crippen LogP contribution < -0.4 is 4.74 Å². The zero-order chi connectivity index (χ0) is 28.4. The molecule has 2 aromatic rings. The van der Waals surface area contributed by atoms with Crippen LogP contribution in [0.1, 0.15) is 145 Å². The Kier molecular flexibility index (Phi) is 15.3. The molecule has 0 aromatic heterocycles. The average molecular weight is 549 g/mol. The van der Waals surface area contributed by atoms with E-state index in [1.807, 2.05) is 6.07 Å². The van der Waals surface area contributed by atoms with Crippen LogP contribution in [-0.4, -0.2) is 17.7 Å². The number of carboxylic acids is 1. The molecular formula is C37H56O3. The van der Waals surface area contributed by atoms with E-state index in [0.29, 0.717) is 12.2 Å². The van der Waals surface area contributed by atoms with Crippen molar-refractivity contribution in [2.45, 2.75) is 136 Å². The molecule has 40 heavy (non-hydrogen) atoms. The van der Waals surface area contributed by atoms with Crippen molar-refractivity contribution in [3.8, 4) is 16.9 Å². The third-order valence-corrected chi connectivity index (χ3v) is 9.03. The molecule has 1 aliphatic carbocycles. The van der Waals surface area contributed by atoms with E-state index in [0.717, 1.165) is 41.6 Å². The highest BCUT2D eigenvalue weighted by atomic mass is 16.5. The maximum Gasteiger partial charge on any atom is 0.336 e. The van der Waals surface area contributed by atoms with Crippen molar-refractivity contribution in [3.05, 3.63) is 53.6 Å². The molecule has 0 radical (unpaired) electrons. The van der Waals surface area contributed by atoms with E-state index in [1.165, 1.54) is 115 Å². The summed E-state index contributed by atoms with van der Waals surface area (Å²) in [5, 5.41) is 9.80. The molecule has 1 aliphatic rings. The maximum atomic E-state index is 11.9. The van der Waals surface area contributed by atoms with E-state index in [-0.39, 0.29) is 0 Å². The molecule has 0 unspecified atom stereocenters. The molecule has 1 fully saturated rings. The third kappa shape index (κ3) is 11.7. The van der Waals surface area contributed by atoms with Gasteiger partial charge in [-0.05, 0) is 66.0 Å². The lowest BCUT2D eigenvalue weighted by molar-refractivity contribution is 0.0697. The van der Waals surface area contributed by atoms with Gasteiger partial charge in [0, 0.05) is 0 Å². The van der Waals surface area contributed by atoms with Crippen LogP contribution >= 0.6 is 0 Å². The zero-order valence-corrected chi connectivity index (χ0v) is 25.6. The Balaban J connectivity index is 1.44. The topological polar surface area (TPSA) is 46.5 Å². The standard InChI is InChI=1S/C37H56O3/c1-3-5-7-9-10-12-14-28-40-34-26-27-35(37(38)39)36(29-34)33-24-22-32(23-25-33)21-20-31-18-16-30(17-19-31)15-13-11-8-6-4-2/h22-27,29-31H,3-21,28H2,1-2H3,(H,38,39). The summed E-state index contributed by atoms with van der Waals surface area (Å²) < 4.78 is 6.01. The molecule has 1 saturated carbocycles. The lowest BCUT2D eigenvalue weighted by Crippen LogP contribution is -2.15. The van der Waals surface area contributed by atoms with Gasteiger partial charge in [-0.25, -0.2) is 4.79 Å². The minimum absolute atomic E-state index is 0.332. The molecule has 0 bridgehead atoms. The summed E-state index contributed by atoms with van der Waals surface area (Å²) in [6, 6.07) is 13.9. The molecule has 3 heteroatoms. The minimum atomic E-state index is -0.894. The highest BCUT2D eigenvalue weighted by Crippen LogP contribution is 2.35. The van der Waals surface area contributed by atoms with Crippen molar-refractivity contribution in [3.63, 3.8) is 0 Å². The van der Waals surface area contributed by atoms with Gasteiger partial charge in [0.15, 0.2) is 0 Å². The van der Waals surface area contributed by atoms with E-state index in [4.69, 9.17) is 4.74 Å². The number of hydrogen-bond donors (Lipinski definition) is 1. The van der Waals surface area contributed by atoms with Crippen LogP contribution in [0.2, 0.25) is 0 Å². The molecule has 2 aromatic carbocycles. The van der Waals surface area contributed by atoms with Crippen molar-refractivity contribution < 1.29 is 14.6 Å². The van der Waals surface area contributed by atoms with Crippen LogP contribution in [0.25, 0.3) is 11.1 Å². The largest absolute Gasteiger partial charge is 0.494 e. The Labute approximate surface area is 245 Å². The lowest BCUT2D eigenvalue weighted by Gasteiger charge is -2.28. The molecule has 0 amide bonds. The monoisotopic (exact) mass is 548 g/mol. The fourth-order valence-electron chi connectivity index (χ4n) is 6.35. The quantitative estimate of drug-likeness (QED) is 0.167. The predicted molar refractivity (Wildman–Crippen MR) is 169 cm³/mol. The van der Waals surface area contributed by atoms with Crippen molar-refractivity contribution in [1.82, 2.24) is 0 Å². The van der Waals surface area contributed by atoms with Crippen LogP contribution in [0, 0.1) is 11.8 Å². The second kappa shape index (κ2) is 18.9. The first kappa shape index (κ1) is 32.2. The van der Waals surface area contributed by atoms with Crippen LogP contribution in [0.5, 0.6) is 5.75 Å². The molecule has 0 atom stereocenters. The van der Waals surface area contributed by atoms with Crippen molar-refractivity contribution in [1.29, 1.82) is 0 Å². The number of ether oxygens (including phenoxy) is 1. The number of benzene rings is 2. The predicted octanol–water partition coefficient (Wildman–Crippen LogP) is 11.3. The Morgan fingerprint density at radius 2 is 1.30 bits per heavy atom. The second-order valence-corrected chi connectivity index (χ2v) is 12.3. The Hall–Kier alpha value is -2.29. The van der Waals surface area contributed by atoms with E-state index in [1.54, 1.807) is 12.1 Å². The molecule has 0 saturated heterocycles. The van der Waals surface area contributed by atoms with E-state index >= 15 is 0 Å². The Morgan fingerprint density at radius 3 is 1.93 bits per heavy atom. The van der Waals surface area contributed by atoms with Gasteiger partial charge in [-0.2, -0.15) is 0 Å². The van der Waals surface area contributed by atoms with Gasteiger partial charge in [0.2, 0.25) is 0 Å². The number of aryl methyl sites for hydroxylation is 1. The zero-order valence-electron chi connectivity index (χ0n) is 25.6. The van der Waals surface area contributed by atoms with Crippen LogP contribution in [0.3, 0.4) is 0 Å². The van der Waals surface area contributed by atoms with E-state index < -0.39 is 5.97 Å². The van der Waals surface area contributed by atoms with Crippen LogP contribution in [0.4, 0.5) is 0 Å². The third-order valence-electron chi connectivity index (χ3n) is 9.03. The smallest absolute Gasteiger partial charge is 0.336 e. The number of rotatable bonds is 20. The van der Waals surface area contributed by atoms with Gasteiger partial charge >= 0.3 is 5.97 Å². The number of unbranched alkanes of at least 4 members (excludes halogenated alkanes) is 10. The number of aromatic carboxylic acids is 1. The highest BCUT2D eigenvalue weighted by Gasteiger charge is 2.21. The molecule has 1 N–H and O–H groups in total. The van der Waals surface area contributed by atoms with Gasteiger partial charge in [0.1, 0.15) is 5.75 Å². The van der Waals surface area contributed by atoms with E-state index in [9.17, 15) is 9.90 Å². The van der Waals surface area contributed by atoms with Gasteiger partial charge in [0.05, 0.1) is 12.2 Å². The van der Waals surface area contributed by atoms with Crippen molar-refractivity contribution in [2.75, 3.05) is 6.61 Å². The minimum Gasteiger partial charge on any atom is -0.494 e. The number of carbonyl (C=O) groups is 1. The van der Waals surface area contributed by atoms with Crippen molar-refractivity contribution >= 4 is 5.97 Å². The summed E-state index contributed by atoms with van der Waals surface area (Å²) in [5.41, 5.74) is 3.37. The summed E-state index contributed by atoms with van der Waals surface area (Å²) in [5.74, 6) is 1.69. The van der Waals surface area contributed by atoms with Crippen LogP contribution in [-0.2, 0) is 6.42 Å². The lowest BCUT2D eigenvalue weighted by atomic mass is 9.77. The second-order valence-electron chi connectivity index (χ2n) is 12.3. The van der Waals surface area contributed by atoms with Gasteiger partial charge < -0.3 is 9.84 Å². The Bertz CT molecular complexity index is 956. The summed E-state index contributed by atoms with van der Waals surface area (Å²) in [7, 11) is 0. The van der Waals surface area contributed by atoms with Gasteiger partial charge in [-0.1, -0.05) is 141 Å². The molecule has 0 spiro atoms. The van der Waals surface area contributed by atoms with E-state index in [2.05, 4.69) is 38.1 Å². The fourth-order valence-corrected chi connectivity index (χ4v) is 6.35. The van der Waals surface area contributed by atoms with Gasteiger partial charge in [-0.15, -0.1) is 0 Å². The van der Waals surface area contributed by atoms with Crippen LogP contribution in [0.15, 0.2) is 42.5 Å². The number of carboxylic acid groups (broad SMARTS) is 1. The number of hydrogen-bond acceptors (Lipinski definition) is 2. The normalized spacial score (nSPS) is 17.1. The average Bonchev–Trinajstić information content (AvgIpc) is 2.98. The molecule has 3 rings (SSSR count). The Morgan fingerprint density at radius 1 is 0.725 bits per heavy atom. The molecular weight excluding hydrogens is 492 g/mol. The van der Waals surface area contributed by atoms with Gasteiger partial charge in [0.25, 0.3) is 0 Å². The molecule has 0 aliphatic heterocycles. The fraction of sp³-hybridized carbons (Fsp3) is 0.649. The molecule has 0 heterocycles. The van der Waals surface area contributed by atoms with Gasteiger partial charge in [-0.3, -0.25) is 0 Å². The summed E-state index contributed by atoms with van der Waals surface area (Å²) in [6.07, 6.45) is 25.2. The maximum absolute atomic E-state index is 11.9. The first-order valence-corrected chi connectivity index (χ1v) is 16.7. The first-order chi connectivity index (χ1) is 19.6. The first-order valence-electron chi connectivity index (χ1n) is 16.7. The SMILES string of the molecule is CCCCCCCCCOc1ccc(C(=O)O)c(-c2ccc(CCC3CCC(CCCCCCC)CC3)cc2)c1. The summed E-state index contributed by atoms with van der Waals surface area (Å²) in [4.78, 5) is 11.9.